The number of phenols is 1. The first kappa shape index (κ1) is 37.4. The van der Waals surface area contributed by atoms with Crippen molar-refractivity contribution in [2.24, 2.45) is 0 Å². The van der Waals surface area contributed by atoms with E-state index in [0.717, 1.165) is 12.2 Å². The van der Waals surface area contributed by atoms with Crippen molar-refractivity contribution in [2.45, 2.75) is 151 Å². The third kappa shape index (κ3) is 6.00. The molecule has 0 spiro atoms. The van der Waals surface area contributed by atoms with Crippen LogP contribution in [0.1, 0.15) is 98.6 Å². The van der Waals surface area contributed by atoms with Gasteiger partial charge in [0.05, 0.1) is 59.5 Å². The second-order valence-corrected chi connectivity index (χ2v) is 15.4. The van der Waals surface area contributed by atoms with Crippen LogP contribution in [0, 0.1) is 0 Å². The number of fused-ring (bicyclic) bond motifs is 3. The highest BCUT2D eigenvalue weighted by molar-refractivity contribution is 6.32. The summed E-state index contributed by atoms with van der Waals surface area (Å²) in [6, 6.07) is 2.68. The molecule has 1 aromatic rings. The van der Waals surface area contributed by atoms with E-state index in [1.54, 1.807) is 13.8 Å². The topological polar surface area (TPSA) is 239 Å². The van der Waals surface area contributed by atoms with Crippen LogP contribution < -0.4 is 0 Å². The lowest BCUT2D eigenvalue weighted by molar-refractivity contribution is -0.306. The first-order valence-corrected chi connectivity index (χ1v) is 17.8. The van der Waals surface area contributed by atoms with Crippen LogP contribution in [0.3, 0.4) is 0 Å². The molecule has 6 aliphatic rings. The van der Waals surface area contributed by atoms with E-state index in [1.807, 2.05) is 6.92 Å². The van der Waals surface area contributed by atoms with E-state index in [0.29, 0.717) is 12.8 Å². The van der Waals surface area contributed by atoms with Gasteiger partial charge in [0.15, 0.2) is 35.5 Å². The second kappa shape index (κ2) is 13.1. The average Bonchev–Trinajstić information content (AvgIpc) is 3.06. The molecule has 0 bridgehead atoms. The molecule has 0 radical (unpaired) electrons. The van der Waals surface area contributed by atoms with E-state index in [1.165, 1.54) is 19.1 Å². The lowest BCUT2D eigenvalue weighted by Gasteiger charge is -2.51. The third-order valence-corrected chi connectivity index (χ3v) is 11.5. The van der Waals surface area contributed by atoms with E-state index in [4.69, 9.17) is 23.7 Å². The summed E-state index contributed by atoms with van der Waals surface area (Å²) in [5, 5.41) is 76.3. The Labute approximate surface area is 299 Å². The van der Waals surface area contributed by atoms with Gasteiger partial charge in [0.1, 0.15) is 23.6 Å². The number of ketones is 3. The molecule has 3 aliphatic carbocycles. The molecule has 15 heteroatoms. The fourth-order valence-electron chi connectivity index (χ4n) is 8.65. The van der Waals surface area contributed by atoms with Crippen LogP contribution in [0.15, 0.2) is 35.4 Å². The van der Waals surface area contributed by atoms with Crippen LogP contribution in [-0.2, 0) is 28.5 Å². The molecule has 15 nitrogen and oxygen atoms in total. The molecule has 3 saturated heterocycles. The molecule has 3 heterocycles. The highest BCUT2D eigenvalue weighted by Gasteiger charge is 2.66. The molecule has 3 aliphatic heterocycles. The summed E-state index contributed by atoms with van der Waals surface area (Å²) in [5.41, 5.74) is -8.26. The van der Waals surface area contributed by atoms with Gasteiger partial charge in [0.2, 0.25) is 0 Å². The minimum absolute atomic E-state index is 0.0389. The molecule has 4 fully saturated rings. The Hall–Kier alpha value is -2.93. The quantitative estimate of drug-likeness (QED) is 0.219. The van der Waals surface area contributed by atoms with Gasteiger partial charge in [-0.05, 0) is 46.3 Å². The first-order chi connectivity index (χ1) is 24.3. The number of hydrogen-bond acceptors (Lipinski definition) is 15. The molecular weight excluding hydrogens is 684 g/mol. The maximum Gasteiger partial charge on any atom is 0.198 e. The van der Waals surface area contributed by atoms with Crippen LogP contribution in [0.4, 0.5) is 0 Å². The standard InChI is InChI=1S/C37H46O15/c1-15-22(51-27-11-21(38)30(40)16(2)50-27)7-8-26(49-15)52-24-12-23(48-17(3)31(24)41)18-5-6-19-28(32(18)42)33(43)20-9-10-36(46)14-35(4,45)13-25(39)37(36,47)29(20)34(19)44/h5-6,9-10,15-17,21-24,26-27,30-31,38,40-42,45-47H,7-8,11-14H2,1-4H3/t15?,16?,17?,21?,22?,23?,24?,26?,27?,30?,31?,35-,36-,37-/m0/s1. The van der Waals surface area contributed by atoms with Gasteiger partial charge < -0.3 is 59.4 Å². The Morgan fingerprint density at radius 1 is 0.808 bits per heavy atom. The number of allylic oxidation sites excluding steroid dienone is 2. The van der Waals surface area contributed by atoms with Gasteiger partial charge in [-0.3, -0.25) is 14.4 Å². The zero-order valence-corrected chi connectivity index (χ0v) is 29.3. The minimum atomic E-state index is -2.79. The molecule has 52 heavy (non-hydrogen) atoms. The summed E-state index contributed by atoms with van der Waals surface area (Å²) >= 11 is 0. The molecule has 11 unspecified atom stereocenters. The molecular formula is C37H46O15. The van der Waals surface area contributed by atoms with E-state index < -0.39 is 120 Å². The first-order valence-electron chi connectivity index (χ1n) is 17.8. The molecule has 0 aromatic heterocycles. The minimum Gasteiger partial charge on any atom is -0.507 e. The van der Waals surface area contributed by atoms with Gasteiger partial charge in [-0.2, -0.15) is 0 Å². The van der Waals surface area contributed by atoms with Crippen molar-refractivity contribution in [1.29, 1.82) is 0 Å². The number of carbonyl (C=O) groups excluding carboxylic acids is 3. The van der Waals surface area contributed by atoms with Gasteiger partial charge in [0, 0.05) is 48.8 Å². The molecule has 284 valence electrons. The van der Waals surface area contributed by atoms with Gasteiger partial charge in [-0.1, -0.05) is 12.1 Å². The highest BCUT2D eigenvalue weighted by Crippen LogP contribution is 2.52. The number of aliphatic hydroxyl groups is 6. The summed E-state index contributed by atoms with van der Waals surface area (Å²) in [6.45, 7) is 6.42. The van der Waals surface area contributed by atoms with Crippen molar-refractivity contribution in [1.82, 2.24) is 0 Å². The summed E-state index contributed by atoms with van der Waals surface area (Å²) in [6.07, 6.45) is -6.22. The van der Waals surface area contributed by atoms with E-state index >= 15 is 0 Å². The zero-order chi connectivity index (χ0) is 37.7. The van der Waals surface area contributed by atoms with Gasteiger partial charge in [-0.15, -0.1) is 0 Å². The predicted octanol–water partition coefficient (Wildman–Crippen LogP) is 0.577. The van der Waals surface area contributed by atoms with Crippen LogP contribution in [0.2, 0.25) is 0 Å². The van der Waals surface area contributed by atoms with Gasteiger partial charge >= 0.3 is 0 Å². The van der Waals surface area contributed by atoms with Crippen molar-refractivity contribution in [3.8, 4) is 5.75 Å². The summed E-state index contributed by atoms with van der Waals surface area (Å²) in [4.78, 5) is 41.1. The Morgan fingerprint density at radius 3 is 2.17 bits per heavy atom. The van der Waals surface area contributed by atoms with Gasteiger partial charge in [-0.25, -0.2) is 0 Å². The largest absolute Gasteiger partial charge is 0.507 e. The lowest BCUT2D eigenvalue weighted by atomic mass is 9.57. The molecule has 7 rings (SSSR count). The average molecular weight is 731 g/mol. The van der Waals surface area contributed by atoms with Crippen molar-refractivity contribution in [3.05, 3.63) is 52.1 Å². The molecule has 14 atom stereocenters. The normalized spacial score (nSPS) is 45.0. The molecule has 1 aromatic carbocycles. The number of Topliss-reactive ketones (excluding diaryl/α,β-unsaturated/α-hetero) is 3. The molecule has 1 saturated carbocycles. The number of benzene rings is 1. The number of aliphatic hydroxyl groups excluding tert-OH is 3. The second-order valence-electron chi connectivity index (χ2n) is 15.4. The van der Waals surface area contributed by atoms with Crippen LogP contribution in [-0.4, -0.2) is 131 Å². The van der Waals surface area contributed by atoms with Crippen LogP contribution >= 0.6 is 0 Å². The third-order valence-electron chi connectivity index (χ3n) is 11.5. The Balaban J connectivity index is 1.07. The Bertz CT molecular complexity index is 1710. The fourth-order valence-corrected chi connectivity index (χ4v) is 8.65. The van der Waals surface area contributed by atoms with Crippen molar-refractivity contribution in [3.63, 3.8) is 0 Å². The van der Waals surface area contributed by atoms with E-state index in [9.17, 15) is 50.1 Å². The van der Waals surface area contributed by atoms with E-state index in [-0.39, 0.29) is 41.2 Å². The van der Waals surface area contributed by atoms with Crippen molar-refractivity contribution >= 4 is 17.3 Å². The number of ether oxygens (including phenoxy) is 5. The maximum absolute atomic E-state index is 13.9. The smallest absolute Gasteiger partial charge is 0.198 e. The summed E-state index contributed by atoms with van der Waals surface area (Å²) < 4.78 is 30.2. The SMILES string of the molecule is CC1OC(OC2CC(c3ccc4c(c3O)C(=O)C3=C(C4=O)[C@@]4(O)C(=O)C[C@](C)(O)C[C@@]4(O)C=C3)OC(C)C2O)CCC1OC1CC(O)C(O)C(C)O1. The molecule has 7 N–H and O–H groups in total. The lowest BCUT2D eigenvalue weighted by Crippen LogP contribution is -2.69. The Kier molecular flexibility index (Phi) is 9.44. The van der Waals surface area contributed by atoms with E-state index in [2.05, 4.69) is 0 Å². The van der Waals surface area contributed by atoms with Gasteiger partial charge in [0.25, 0.3) is 0 Å². The summed E-state index contributed by atoms with van der Waals surface area (Å²) in [7, 11) is 0. The number of phenolic OH excluding ortho intramolecular Hbond substituents is 1. The Morgan fingerprint density at radius 2 is 1.48 bits per heavy atom. The number of hydrogen-bond donors (Lipinski definition) is 7. The van der Waals surface area contributed by atoms with Crippen LogP contribution in [0.5, 0.6) is 5.75 Å². The predicted molar refractivity (Wildman–Crippen MR) is 176 cm³/mol. The van der Waals surface area contributed by atoms with Crippen LogP contribution in [0.25, 0.3) is 0 Å². The monoisotopic (exact) mass is 730 g/mol. The zero-order valence-electron chi connectivity index (χ0n) is 29.3. The summed E-state index contributed by atoms with van der Waals surface area (Å²) in [5.74, 6) is -3.34. The maximum atomic E-state index is 13.9. The number of rotatable bonds is 5. The fraction of sp³-hybridized carbons (Fsp3) is 0.649. The van der Waals surface area contributed by atoms with Crippen molar-refractivity contribution in [2.75, 3.05) is 0 Å². The molecule has 0 amide bonds. The number of carbonyl (C=O) groups is 3. The van der Waals surface area contributed by atoms with Crippen molar-refractivity contribution < 1.29 is 73.8 Å². The highest BCUT2D eigenvalue weighted by atomic mass is 16.7. The number of aromatic hydroxyl groups is 1.